The Morgan fingerprint density at radius 3 is 2.68 bits per heavy atom. The molecule has 5 heteroatoms. The van der Waals surface area contributed by atoms with Crippen molar-refractivity contribution in [3.63, 3.8) is 0 Å². The number of rotatable bonds is 7. The highest BCUT2D eigenvalue weighted by atomic mass is 32.2. The fourth-order valence-corrected chi connectivity index (χ4v) is 2.43. The van der Waals surface area contributed by atoms with Gasteiger partial charge in [-0.25, -0.2) is 0 Å². The summed E-state index contributed by atoms with van der Waals surface area (Å²) in [6.45, 7) is 4.17. The van der Waals surface area contributed by atoms with Crippen molar-refractivity contribution >= 4 is 29.1 Å². The van der Waals surface area contributed by atoms with Crippen molar-refractivity contribution in [1.29, 1.82) is 0 Å². The van der Waals surface area contributed by atoms with Crippen LogP contribution in [0.2, 0.25) is 0 Å². The van der Waals surface area contributed by atoms with E-state index in [1.807, 2.05) is 6.92 Å². The summed E-state index contributed by atoms with van der Waals surface area (Å²) in [5, 5.41) is 3.14. The van der Waals surface area contributed by atoms with Gasteiger partial charge >= 0.3 is 0 Å². The number of para-hydroxylation sites is 1. The van der Waals surface area contributed by atoms with Gasteiger partial charge in [0, 0.05) is 10.8 Å². The quantitative estimate of drug-likeness (QED) is 0.752. The molecular weight excluding hydrogens is 260 g/mol. The van der Waals surface area contributed by atoms with E-state index >= 15 is 0 Å². The van der Waals surface area contributed by atoms with Gasteiger partial charge in [-0.3, -0.25) is 9.59 Å². The second-order valence-electron chi connectivity index (χ2n) is 4.35. The van der Waals surface area contributed by atoms with Crippen LogP contribution in [-0.2, 0) is 4.79 Å². The molecule has 0 aromatic heterocycles. The summed E-state index contributed by atoms with van der Waals surface area (Å²) in [6, 6.07) is 7.03. The first-order chi connectivity index (χ1) is 9.04. The summed E-state index contributed by atoms with van der Waals surface area (Å²) < 4.78 is 0. The summed E-state index contributed by atoms with van der Waals surface area (Å²) >= 11 is 1.57. The molecule has 1 unspecified atom stereocenters. The molecule has 0 radical (unpaired) electrons. The maximum Gasteiger partial charge on any atom is 0.234 e. The molecule has 0 heterocycles. The van der Waals surface area contributed by atoms with Crippen LogP contribution in [0, 0.1) is 0 Å². The van der Waals surface area contributed by atoms with E-state index in [0.717, 1.165) is 6.42 Å². The zero-order chi connectivity index (χ0) is 14.3. The number of carbonyl (C=O) groups is 2. The third kappa shape index (κ3) is 5.44. The summed E-state index contributed by atoms with van der Waals surface area (Å²) in [4.78, 5) is 23.3. The molecule has 0 aliphatic rings. The summed E-state index contributed by atoms with van der Waals surface area (Å²) in [6.07, 6.45) is 0.891. The highest BCUT2D eigenvalue weighted by Crippen LogP contribution is 2.17. The Labute approximate surface area is 118 Å². The molecule has 19 heavy (non-hydrogen) atoms. The predicted molar refractivity (Wildman–Crippen MR) is 80.7 cm³/mol. The van der Waals surface area contributed by atoms with Crippen molar-refractivity contribution in [2.45, 2.75) is 25.5 Å². The van der Waals surface area contributed by atoms with Crippen LogP contribution in [0.15, 0.2) is 24.3 Å². The van der Waals surface area contributed by atoms with Gasteiger partial charge in [0.1, 0.15) is 0 Å². The molecule has 0 fully saturated rings. The van der Waals surface area contributed by atoms with Crippen LogP contribution in [0.4, 0.5) is 5.69 Å². The number of amides is 1. The van der Waals surface area contributed by atoms with Gasteiger partial charge in [-0.15, -0.1) is 11.8 Å². The molecule has 1 aromatic carbocycles. The number of nitrogens with one attached hydrogen (secondary N) is 1. The Balaban J connectivity index is 2.55. The zero-order valence-corrected chi connectivity index (χ0v) is 12.1. The molecule has 0 bridgehead atoms. The van der Waals surface area contributed by atoms with Crippen molar-refractivity contribution in [2.24, 2.45) is 5.73 Å². The number of hydrogen-bond donors (Lipinski definition) is 2. The minimum absolute atomic E-state index is 0.0555. The lowest BCUT2D eigenvalue weighted by molar-refractivity contribution is -0.113. The molecule has 0 saturated carbocycles. The maximum atomic E-state index is 11.8. The Hall–Kier alpha value is -1.33. The van der Waals surface area contributed by atoms with Gasteiger partial charge in [-0.05, 0) is 32.0 Å². The third-order valence-corrected chi connectivity index (χ3v) is 3.89. The highest BCUT2D eigenvalue weighted by molar-refractivity contribution is 8.00. The average molecular weight is 280 g/mol. The summed E-state index contributed by atoms with van der Waals surface area (Å²) in [5.74, 6) is 0.218. The zero-order valence-electron chi connectivity index (χ0n) is 11.3. The van der Waals surface area contributed by atoms with E-state index in [9.17, 15) is 9.59 Å². The Morgan fingerprint density at radius 2 is 2.05 bits per heavy atom. The number of nitrogens with two attached hydrogens (primary N) is 1. The second-order valence-corrected chi connectivity index (χ2v) is 5.78. The molecule has 4 nitrogen and oxygen atoms in total. The first kappa shape index (κ1) is 15.7. The first-order valence-electron chi connectivity index (χ1n) is 6.26. The van der Waals surface area contributed by atoms with E-state index in [-0.39, 0.29) is 11.7 Å². The Bertz CT molecular complexity index is 449. The standard InChI is InChI=1S/C14H20N2O2S/c1-10(7-8-15)19-9-14(18)16-13-6-4-3-5-12(13)11(2)17/h3-6,10H,7-9,15H2,1-2H3,(H,16,18). The van der Waals surface area contributed by atoms with Crippen molar-refractivity contribution in [1.82, 2.24) is 0 Å². The number of benzene rings is 1. The smallest absolute Gasteiger partial charge is 0.234 e. The molecular formula is C14H20N2O2S. The first-order valence-corrected chi connectivity index (χ1v) is 7.31. The molecule has 1 rings (SSSR count). The molecule has 0 spiro atoms. The minimum Gasteiger partial charge on any atom is -0.330 e. The number of anilines is 1. The monoisotopic (exact) mass is 280 g/mol. The Kier molecular flexibility index (Phi) is 6.59. The maximum absolute atomic E-state index is 11.8. The lowest BCUT2D eigenvalue weighted by Crippen LogP contribution is -2.18. The van der Waals surface area contributed by atoms with Gasteiger partial charge < -0.3 is 11.1 Å². The van der Waals surface area contributed by atoms with E-state index < -0.39 is 0 Å². The number of Topliss-reactive ketones (excluding diaryl/α,β-unsaturated/α-hetero) is 1. The largest absolute Gasteiger partial charge is 0.330 e. The summed E-state index contributed by atoms with van der Waals surface area (Å²) in [7, 11) is 0. The van der Waals surface area contributed by atoms with Gasteiger partial charge in [-0.2, -0.15) is 0 Å². The fraction of sp³-hybridized carbons (Fsp3) is 0.429. The van der Waals surface area contributed by atoms with E-state index in [1.165, 1.54) is 6.92 Å². The normalized spacial score (nSPS) is 11.9. The van der Waals surface area contributed by atoms with Crippen molar-refractivity contribution in [3.8, 4) is 0 Å². The molecule has 3 N–H and O–H groups in total. The van der Waals surface area contributed by atoms with Crippen molar-refractivity contribution < 1.29 is 9.59 Å². The van der Waals surface area contributed by atoms with Crippen LogP contribution in [0.25, 0.3) is 0 Å². The fourth-order valence-electron chi connectivity index (χ4n) is 1.62. The van der Waals surface area contributed by atoms with E-state index in [4.69, 9.17) is 5.73 Å². The van der Waals surface area contributed by atoms with Gasteiger partial charge in [0.05, 0.1) is 11.4 Å². The Morgan fingerprint density at radius 1 is 1.37 bits per heavy atom. The van der Waals surface area contributed by atoms with Gasteiger partial charge in [0.2, 0.25) is 5.91 Å². The van der Waals surface area contributed by atoms with Crippen LogP contribution in [0.1, 0.15) is 30.6 Å². The number of hydrogen-bond acceptors (Lipinski definition) is 4. The van der Waals surface area contributed by atoms with E-state index in [1.54, 1.807) is 36.0 Å². The molecule has 104 valence electrons. The lowest BCUT2D eigenvalue weighted by Gasteiger charge is -2.11. The molecule has 0 aliphatic heterocycles. The van der Waals surface area contributed by atoms with Crippen LogP contribution in [0.5, 0.6) is 0 Å². The van der Waals surface area contributed by atoms with E-state index in [2.05, 4.69) is 5.32 Å². The highest BCUT2D eigenvalue weighted by Gasteiger charge is 2.11. The van der Waals surface area contributed by atoms with Crippen LogP contribution < -0.4 is 11.1 Å². The minimum atomic E-state index is -0.0948. The third-order valence-electron chi connectivity index (χ3n) is 2.65. The van der Waals surface area contributed by atoms with Gasteiger partial charge in [-0.1, -0.05) is 19.1 Å². The van der Waals surface area contributed by atoms with Crippen molar-refractivity contribution in [2.75, 3.05) is 17.6 Å². The van der Waals surface area contributed by atoms with Crippen LogP contribution in [0.3, 0.4) is 0 Å². The molecule has 0 saturated heterocycles. The molecule has 1 atom stereocenters. The van der Waals surface area contributed by atoms with Gasteiger partial charge in [0.25, 0.3) is 0 Å². The topological polar surface area (TPSA) is 72.2 Å². The lowest BCUT2D eigenvalue weighted by atomic mass is 10.1. The van der Waals surface area contributed by atoms with Crippen molar-refractivity contribution in [3.05, 3.63) is 29.8 Å². The summed E-state index contributed by atoms with van der Waals surface area (Å²) in [5.41, 5.74) is 6.57. The molecule has 0 aliphatic carbocycles. The predicted octanol–water partition coefficient (Wildman–Crippen LogP) is 2.30. The van der Waals surface area contributed by atoms with Crippen LogP contribution in [-0.4, -0.2) is 29.2 Å². The average Bonchev–Trinajstić information content (AvgIpc) is 2.37. The second kappa shape index (κ2) is 7.96. The SMILES string of the molecule is CC(=O)c1ccccc1NC(=O)CSC(C)CCN. The van der Waals surface area contributed by atoms with E-state index in [0.29, 0.717) is 28.8 Å². The number of thioether (sulfide) groups is 1. The van der Waals surface area contributed by atoms with Gasteiger partial charge in [0.15, 0.2) is 5.78 Å². The van der Waals surface area contributed by atoms with Crippen LogP contribution >= 0.6 is 11.8 Å². The molecule has 1 amide bonds. The number of carbonyl (C=O) groups excluding carboxylic acids is 2. The number of ketones is 1. The molecule has 1 aromatic rings.